The molecule has 104 valence electrons. The Morgan fingerprint density at radius 2 is 2.10 bits per heavy atom. The lowest BCUT2D eigenvalue weighted by molar-refractivity contribution is -0.122. The number of nitrogens with zero attached hydrogens (tertiary/aromatic N) is 2. The van der Waals surface area contributed by atoms with E-state index < -0.39 is 6.10 Å². The minimum Gasteiger partial charge on any atom is -0.481 e. The van der Waals surface area contributed by atoms with Crippen LogP contribution in [-0.2, 0) is 4.79 Å². The van der Waals surface area contributed by atoms with E-state index in [1.807, 2.05) is 0 Å². The highest BCUT2D eigenvalue weighted by Gasteiger charge is 2.15. The molecule has 0 spiro atoms. The van der Waals surface area contributed by atoms with Crippen LogP contribution in [0.2, 0.25) is 10.2 Å². The summed E-state index contributed by atoms with van der Waals surface area (Å²) in [5.41, 5.74) is 0. The zero-order valence-corrected chi connectivity index (χ0v) is 12.0. The second-order valence-corrected chi connectivity index (χ2v) is 4.76. The monoisotopic (exact) mass is 311 g/mol. The number of carbonyl (C=O) groups excluding carboxylic acids is 1. The highest BCUT2D eigenvalue weighted by molar-refractivity contribution is 6.30. The van der Waals surface area contributed by atoms with Crippen LogP contribution in [0.15, 0.2) is 36.7 Å². The molecule has 1 N–H and O–H groups in total. The van der Waals surface area contributed by atoms with Gasteiger partial charge >= 0.3 is 0 Å². The number of nitrogens with one attached hydrogen (secondary N) is 1. The molecule has 2 aromatic rings. The summed E-state index contributed by atoms with van der Waals surface area (Å²) >= 11 is 11.5. The van der Waals surface area contributed by atoms with Crippen LogP contribution in [0, 0.1) is 0 Å². The summed E-state index contributed by atoms with van der Waals surface area (Å²) in [7, 11) is 0. The summed E-state index contributed by atoms with van der Waals surface area (Å²) in [6.07, 6.45) is 0.558. The fourth-order valence-corrected chi connectivity index (χ4v) is 1.76. The number of amides is 1. The van der Waals surface area contributed by atoms with Crippen LogP contribution in [0.4, 0.5) is 5.82 Å². The molecule has 0 aliphatic carbocycles. The van der Waals surface area contributed by atoms with Gasteiger partial charge in [0.25, 0.3) is 5.91 Å². The molecule has 0 aliphatic rings. The first-order chi connectivity index (χ1) is 9.54. The Morgan fingerprint density at radius 1 is 1.30 bits per heavy atom. The van der Waals surface area contributed by atoms with Crippen LogP contribution in [-0.4, -0.2) is 22.0 Å². The molecule has 1 heterocycles. The maximum atomic E-state index is 11.9. The molecule has 5 nitrogen and oxygen atoms in total. The Balaban J connectivity index is 1.98. The van der Waals surface area contributed by atoms with Gasteiger partial charge in [-0.2, -0.15) is 0 Å². The normalized spacial score (nSPS) is 11.8. The fraction of sp³-hybridized carbons (Fsp3) is 0.154. The second-order valence-electron chi connectivity index (χ2n) is 3.93. The van der Waals surface area contributed by atoms with Crippen LogP contribution < -0.4 is 10.1 Å². The van der Waals surface area contributed by atoms with E-state index >= 15 is 0 Å². The van der Waals surface area contributed by atoms with E-state index in [9.17, 15) is 4.79 Å². The molecule has 0 radical (unpaired) electrons. The SMILES string of the molecule is CC(Oc1cccc(Cl)c1)C(=O)Nc1cc(Cl)ncn1. The first-order valence-corrected chi connectivity index (χ1v) is 6.51. The van der Waals surface area contributed by atoms with Gasteiger partial charge in [0.2, 0.25) is 0 Å². The van der Waals surface area contributed by atoms with E-state index in [4.69, 9.17) is 27.9 Å². The Morgan fingerprint density at radius 3 is 2.80 bits per heavy atom. The zero-order chi connectivity index (χ0) is 14.5. The molecular weight excluding hydrogens is 301 g/mol. The lowest BCUT2D eigenvalue weighted by Crippen LogP contribution is -2.30. The van der Waals surface area contributed by atoms with Crippen LogP contribution in [0.5, 0.6) is 5.75 Å². The number of benzene rings is 1. The van der Waals surface area contributed by atoms with E-state index in [0.29, 0.717) is 16.6 Å². The third-order valence-corrected chi connectivity index (χ3v) is 2.80. The molecule has 7 heteroatoms. The summed E-state index contributed by atoms with van der Waals surface area (Å²) < 4.78 is 5.49. The molecule has 2 rings (SSSR count). The number of aromatic nitrogens is 2. The molecule has 0 saturated carbocycles. The molecule has 0 aliphatic heterocycles. The Bertz CT molecular complexity index is 622. The average Bonchev–Trinajstić information content (AvgIpc) is 2.38. The number of halogens is 2. The summed E-state index contributed by atoms with van der Waals surface area (Å²) in [5, 5.41) is 3.37. The third kappa shape index (κ3) is 4.08. The maximum Gasteiger partial charge on any atom is 0.266 e. The third-order valence-electron chi connectivity index (χ3n) is 2.36. The molecule has 0 bridgehead atoms. The van der Waals surface area contributed by atoms with Crippen molar-refractivity contribution in [3.63, 3.8) is 0 Å². The minimum absolute atomic E-state index is 0.249. The number of hydrogen-bond donors (Lipinski definition) is 1. The van der Waals surface area contributed by atoms with Crippen LogP contribution in [0.25, 0.3) is 0 Å². The summed E-state index contributed by atoms with van der Waals surface area (Å²) in [4.78, 5) is 19.5. The lowest BCUT2D eigenvalue weighted by Gasteiger charge is -2.14. The van der Waals surface area contributed by atoms with Crippen molar-refractivity contribution in [3.8, 4) is 5.75 Å². The molecule has 0 saturated heterocycles. The summed E-state index contributed by atoms with van der Waals surface area (Å²) in [5.74, 6) is 0.483. The minimum atomic E-state index is -0.706. The summed E-state index contributed by atoms with van der Waals surface area (Å²) in [6, 6.07) is 8.27. The molecule has 1 unspecified atom stereocenters. The zero-order valence-electron chi connectivity index (χ0n) is 10.5. The largest absolute Gasteiger partial charge is 0.481 e. The van der Waals surface area contributed by atoms with Crippen molar-refractivity contribution in [1.82, 2.24) is 9.97 Å². The van der Waals surface area contributed by atoms with Gasteiger partial charge in [-0.1, -0.05) is 29.3 Å². The van der Waals surface area contributed by atoms with Crippen molar-refractivity contribution >= 4 is 34.9 Å². The van der Waals surface area contributed by atoms with Gasteiger partial charge in [0.1, 0.15) is 23.0 Å². The Kier molecular flexibility index (Phi) is 4.76. The highest BCUT2D eigenvalue weighted by Crippen LogP contribution is 2.18. The maximum absolute atomic E-state index is 11.9. The number of ether oxygens (including phenoxy) is 1. The van der Waals surface area contributed by atoms with E-state index in [-0.39, 0.29) is 11.1 Å². The first kappa shape index (κ1) is 14.6. The van der Waals surface area contributed by atoms with Crippen molar-refractivity contribution in [1.29, 1.82) is 0 Å². The number of rotatable bonds is 4. The Labute approximate surface area is 125 Å². The second kappa shape index (κ2) is 6.54. The van der Waals surface area contributed by atoms with Gasteiger partial charge in [-0.3, -0.25) is 4.79 Å². The molecule has 1 atom stereocenters. The summed E-state index contributed by atoms with van der Waals surface area (Å²) in [6.45, 7) is 1.62. The number of carbonyl (C=O) groups is 1. The Hall–Kier alpha value is -1.85. The number of anilines is 1. The van der Waals surface area contributed by atoms with E-state index in [2.05, 4.69) is 15.3 Å². The van der Waals surface area contributed by atoms with Crippen LogP contribution >= 0.6 is 23.2 Å². The molecule has 0 fully saturated rings. The van der Waals surface area contributed by atoms with Crippen LogP contribution in [0.1, 0.15) is 6.92 Å². The lowest BCUT2D eigenvalue weighted by atomic mass is 10.3. The molecular formula is C13H11Cl2N3O2. The number of hydrogen-bond acceptors (Lipinski definition) is 4. The average molecular weight is 312 g/mol. The van der Waals surface area contributed by atoms with Crippen LogP contribution in [0.3, 0.4) is 0 Å². The van der Waals surface area contributed by atoms with Gasteiger partial charge in [-0.05, 0) is 25.1 Å². The smallest absolute Gasteiger partial charge is 0.266 e. The van der Waals surface area contributed by atoms with E-state index in [1.54, 1.807) is 31.2 Å². The molecule has 20 heavy (non-hydrogen) atoms. The molecule has 1 aromatic carbocycles. The molecule has 1 aromatic heterocycles. The van der Waals surface area contributed by atoms with Crippen molar-refractivity contribution in [3.05, 3.63) is 46.8 Å². The van der Waals surface area contributed by atoms with Gasteiger partial charge < -0.3 is 10.1 Å². The first-order valence-electron chi connectivity index (χ1n) is 5.75. The standard InChI is InChI=1S/C13H11Cl2N3O2/c1-8(20-10-4-2-3-9(14)5-10)13(19)18-12-6-11(15)16-7-17-12/h2-8H,1H3,(H,16,17,18,19). The van der Waals surface area contributed by atoms with Crippen molar-refractivity contribution in [2.45, 2.75) is 13.0 Å². The van der Waals surface area contributed by atoms with Crippen molar-refractivity contribution < 1.29 is 9.53 Å². The van der Waals surface area contributed by atoms with Gasteiger partial charge in [-0.25, -0.2) is 9.97 Å². The van der Waals surface area contributed by atoms with Gasteiger partial charge in [0, 0.05) is 11.1 Å². The predicted molar refractivity (Wildman–Crippen MR) is 77.2 cm³/mol. The van der Waals surface area contributed by atoms with E-state index in [1.165, 1.54) is 12.4 Å². The fourth-order valence-electron chi connectivity index (χ4n) is 1.43. The van der Waals surface area contributed by atoms with Gasteiger partial charge in [-0.15, -0.1) is 0 Å². The topological polar surface area (TPSA) is 64.1 Å². The predicted octanol–water partition coefficient (Wildman–Crippen LogP) is 3.19. The van der Waals surface area contributed by atoms with Gasteiger partial charge in [0.05, 0.1) is 0 Å². The van der Waals surface area contributed by atoms with Gasteiger partial charge in [0.15, 0.2) is 6.10 Å². The quantitative estimate of drug-likeness (QED) is 0.881. The molecule has 1 amide bonds. The van der Waals surface area contributed by atoms with E-state index in [0.717, 1.165) is 0 Å². The highest BCUT2D eigenvalue weighted by atomic mass is 35.5. The van der Waals surface area contributed by atoms with Crippen molar-refractivity contribution in [2.24, 2.45) is 0 Å². The van der Waals surface area contributed by atoms with Crippen molar-refractivity contribution in [2.75, 3.05) is 5.32 Å².